The summed E-state index contributed by atoms with van der Waals surface area (Å²) in [7, 11) is -3.58. The number of piperazine rings is 1. The summed E-state index contributed by atoms with van der Waals surface area (Å²) in [5.41, 5.74) is -0.525. The first-order chi connectivity index (χ1) is 15.0. The highest BCUT2D eigenvalue weighted by Gasteiger charge is 2.28. The van der Waals surface area contributed by atoms with E-state index >= 15 is 0 Å². The molecular formula is C23H32N2O5S2. The predicted octanol–water partition coefficient (Wildman–Crippen LogP) is 3.83. The summed E-state index contributed by atoms with van der Waals surface area (Å²) in [6.45, 7) is 8.39. The van der Waals surface area contributed by atoms with Crippen LogP contribution in [0.3, 0.4) is 0 Å². The molecule has 0 bridgehead atoms. The van der Waals surface area contributed by atoms with E-state index in [0.29, 0.717) is 38.5 Å². The van der Waals surface area contributed by atoms with Crippen LogP contribution in [0.15, 0.2) is 47.4 Å². The van der Waals surface area contributed by atoms with Crippen molar-refractivity contribution in [1.29, 1.82) is 0 Å². The largest absolute Gasteiger partial charge is 0.444 e. The zero-order valence-electron chi connectivity index (χ0n) is 19.1. The first-order valence-electron chi connectivity index (χ1n) is 10.7. The van der Waals surface area contributed by atoms with E-state index < -0.39 is 21.8 Å². The Morgan fingerprint density at radius 2 is 1.72 bits per heavy atom. The molecule has 1 unspecified atom stereocenters. The minimum atomic E-state index is -3.58. The molecule has 1 aliphatic rings. The van der Waals surface area contributed by atoms with E-state index in [9.17, 15) is 13.2 Å². The lowest BCUT2D eigenvalue weighted by Crippen LogP contribution is -2.52. The van der Waals surface area contributed by atoms with Gasteiger partial charge in [0, 0.05) is 43.4 Å². The quantitative estimate of drug-likeness (QED) is 0.440. The van der Waals surface area contributed by atoms with E-state index in [4.69, 9.17) is 8.92 Å². The van der Waals surface area contributed by atoms with E-state index in [0.717, 1.165) is 16.5 Å². The van der Waals surface area contributed by atoms with Crippen molar-refractivity contribution >= 4 is 38.7 Å². The molecule has 9 heteroatoms. The number of fused-ring (bicyclic) bond motifs is 1. The number of ether oxygens (including phenoxy) is 1. The van der Waals surface area contributed by atoms with Crippen molar-refractivity contribution in [2.24, 2.45) is 0 Å². The molecule has 1 heterocycles. The average Bonchev–Trinajstić information content (AvgIpc) is 2.70. The normalized spacial score (nSPS) is 16.8. The smallest absolute Gasteiger partial charge is 0.410 e. The van der Waals surface area contributed by atoms with Crippen LogP contribution in [0.1, 0.15) is 20.8 Å². The fraction of sp³-hybridized carbons (Fsp3) is 0.522. The summed E-state index contributed by atoms with van der Waals surface area (Å²) >= 11 is 1.58. The second kappa shape index (κ2) is 10.4. The fourth-order valence-electron chi connectivity index (χ4n) is 3.53. The molecule has 0 N–H and O–H groups in total. The van der Waals surface area contributed by atoms with Crippen LogP contribution in [0.4, 0.5) is 4.79 Å². The maximum atomic E-state index is 12.3. The van der Waals surface area contributed by atoms with Crippen molar-refractivity contribution in [1.82, 2.24) is 9.80 Å². The lowest BCUT2D eigenvalue weighted by molar-refractivity contribution is 0.0122. The van der Waals surface area contributed by atoms with Crippen molar-refractivity contribution in [2.75, 3.05) is 44.7 Å². The maximum Gasteiger partial charge on any atom is 0.410 e. The van der Waals surface area contributed by atoms with Crippen LogP contribution in [-0.4, -0.2) is 80.7 Å². The second-order valence-corrected chi connectivity index (χ2v) is 11.7. The van der Waals surface area contributed by atoms with Crippen molar-refractivity contribution in [2.45, 2.75) is 37.4 Å². The van der Waals surface area contributed by atoms with Gasteiger partial charge in [0.1, 0.15) is 5.60 Å². The summed E-state index contributed by atoms with van der Waals surface area (Å²) < 4.78 is 34.5. The molecule has 3 rings (SSSR count). The standard InChI is InChI=1S/C23H32N2O5S2/c1-23(2,3)29-22(26)25-13-11-24(12-14-25)16-20(30-32(4,27)28)17-31-21-10-9-18-7-5-6-8-19(18)15-21/h5-10,15,20H,11-14,16-17H2,1-4H3. The van der Waals surface area contributed by atoms with Crippen molar-refractivity contribution in [3.63, 3.8) is 0 Å². The van der Waals surface area contributed by atoms with Gasteiger partial charge in [0.15, 0.2) is 0 Å². The topological polar surface area (TPSA) is 76.2 Å². The minimum absolute atomic E-state index is 0.312. The molecule has 1 atom stereocenters. The van der Waals surface area contributed by atoms with E-state index in [1.807, 2.05) is 39.0 Å². The zero-order valence-corrected chi connectivity index (χ0v) is 20.7. The number of carbonyl (C=O) groups is 1. The Balaban J connectivity index is 1.57. The second-order valence-electron chi connectivity index (χ2n) is 9.01. The minimum Gasteiger partial charge on any atom is -0.444 e. The van der Waals surface area contributed by atoms with Crippen LogP contribution < -0.4 is 0 Å². The molecule has 0 aliphatic carbocycles. The summed E-state index contributed by atoms with van der Waals surface area (Å²) in [5.74, 6) is 0.512. The molecule has 176 valence electrons. The number of rotatable bonds is 7. The number of amides is 1. The van der Waals surface area contributed by atoms with Gasteiger partial charge in [-0.25, -0.2) is 4.79 Å². The predicted molar refractivity (Wildman–Crippen MR) is 129 cm³/mol. The van der Waals surface area contributed by atoms with Gasteiger partial charge in [0.05, 0.1) is 12.4 Å². The third kappa shape index (κ3) is 7.95. The van der Waals surface area contributed by atoms with Gasteiger partial charge in [-0.3, -0.25) is 9.08 Å². The first-order valence-corrected chi connectivity index (χ1v) is 13.5. The number of hydrogen-bond donors (Lipinski definition) is 0. The fourth-order valence-corrected chi connectivity index (χ4v) is 5.17. The maximum absolute atomic E-state index is 12.3. The highest BCUT2D eigenvalue weighted by molar-refractivity contribution is 7.99. The van der Waals surface area contributed by atoms with Gasteiger partial charge in [0.25, 0.3) is 10.1 Å². The summed E-state index contributed by atoms with van der Waals surface area (Å²) in [6, 6.07) is 14.4. The van der Waals surface area contributed by atoms with Crippen LogP contribution in [0.2, 0.25) is 0 Å². The Morgan fingerprint density at radius 1 is 1.06 bits per heavy atom. The lowest BCUT2D eigenvalue weighted by Gasteiger charge is -2.36. The van der Waals surface area contributed by atoms with Crippen LogP contribution >= 0.6 is 11.8 Å². The highest BCUT2D eigenvalue weighted by Crippen LogP contribution is 2.25. The van der Waals surface area contributed by atoms with Crippen LogP contribution in [0, 0.1) is 0 Å². The summed E-state index contributed by atoms with van der Waals surface area (Å²) in [4.78, 5) is 17.2. The molecule has 0 radical (unpaired) electrons. The van der Waals surface area contributed by atoms with Crippen molar-refractivity contribution in [3.8, 4) is 0 Å². The highest BCUT2D eigenvalue weighted by atomic mass is 32.2. The summed E-state index contributed by atoms with van der Waals surface area (Å²) in [6.07, 6.45) is 0.295. The van der Waals surface area contributed by atoms with Crippen LogP contribution in [0.5, 0.6) is 0 Å². The molecular weight excluding hydrogens is 448 g/mol. The molecule has 2 aromatic rings. The Hall–Kier alpha value is -1.81. The summed E-state index contributed by atoms with van der Waals surface area (Å²) in [5, 5.41) is 2.32. The zero-order chi connectivity index (χ0) is 23.4. The van der Waals surface area contributed by atoms with E-state index in [1.165, 1.54) is 5.39 Å². The van der Waals surface area contributed by atoms with Crippen LogP contribution in [0.25, 0.3) is 10.8 Å². The molecule has 32 heavy (non-hydrogen) atoms. The van der Waals surface area contributed by atoms with Gasteiger partial charge in [-0.05, 0) is 43.7 Å². The molecule has 0 spiro atoms. The Kier molecular flexibility index (Phi) is 8.08. The third-order valence-electron chi connectivity index (χ3n) is 4.95. The molecule has 2 aromatic carbocycles. The van der Waals surface area contributed by atoms with E-state index in [2.05, 4.69) is 29.2 Å². The number of benzene rings is 2. The third-order valence-corrected chi connectivity index (χ3v) is 6.70. The number of thioether (sulfide) groups is 1. The number of hydrogen-bond acceptors (Lipinski definition) is 7. The van der Waals surface area contributed by atoms with Gasteiger partial charge >= 0.3 is 6.09 Å². The average molecular weight is 481 g/mol. The lowest BCUT2D eigenvalue weighted by atomic mass is 10.1. The van der Waals surface area contributed by atoms with Crippen molar-refractivity contribution in [3.05, 3.63) is 42.5 Å². The molecule has 1 saturated heterocycles. The number of carbonyl (C=O) groups excluding carboxylic acids is 1. The van der Waals surface area contributed by atoms with Crippen LogP contribution in [-0.2, 0) is 19.0 Å². The monoisotopic (exact) mass is 480 g/mol. The Morgan fingerprint density at radius 3 is 2.34 bits per heavy atom. The first kappa shape index (κ1) is 24.8. The number of nitrogens with zero attached hydrogens (tertiary/aromatic N) is 2. The molecule has 0 aromatic heterocycles. The van der Waals surface area contributed by atoms with Gasteiger partial charge in [-0.2, -0.15) is 8.42 Å². The molecule has 1 amide bonds. The Labute approximate surface area is 195 Å². The van der Waals surface area contributed by atoms with Gasteiger partial charge in [-0.1, -0.05) is 30.3 Å². The SMILES string of the molecule is CC(C)(C)OC(=O)N1CCN(CC(CSc2ccc3ccccc3c2)OS(C)(=O)=O)CC1. The van der Waals surface area contributed by atoms with E-state index in [1.54, 1.807) is 16.7 Å². The van der Waals surface area contributed by atoms with Gasteiger partial charge in [-0.15, -0.1) is 11.8 Å². The molecule has 1 aliphatic heterocycles. The van der Waals surface area contributed by atoms with Gasteiger partial charge in [0.2, 0.25) is 0 Å². The molecule has 0 saturated carbocycles. The van der Waals surface area contributed by atoms with E-state index in [-0.39, 0.29) is 6.09 Å². The van der Waals surface area contributed by atoms with Gasteiger partial charge < -0.3 is 9.64 Å². The van der Waals surface area contributed by atoms with Crippen molar-refractivity contribution < 1.29 is 22.1 Å². The Bertz CT molecular complexity index is 1030. The molecule has 1 fully saturated rings. The molecule has 7 nitrogen and oxygen atoms in total.